The predicted octanol–water partition coefficient (Wildman–Crippen LogP) is 2.44. The van der Waals surface area contributed by atoms with E-state index >= 15 is 0 Å². The summed E-state index contributed by atoms with van der Waals surface area (Å²) >= 11 is 0. The summed E-state index contributed by atoms with van der Waals surface area (Å²) in [6, 6.07) is 0. The molecule has 0 nitrogen and oxygen atoms in total. The molecule has 0 fully saturated rings. The van der Waals surface area contributed by atoms with Crippen molar-refractivity contribution in [3.05, 3.63) is 0 Å². The average molecular weight is 87.2 g/mol. The fourth-order valence-electron chi connectivity index (χ4n) is 0.471. The van der Waals surface area contributed by atoms with Gasteiger partial charge >= 0.3 is 0 Å². The van der Waals surface area contributed by atoms with E-state index in [1.54, 1.807) is 0 Å². The second-order valence-corrected chi connectivity index (χ2v) is 1.89. The SMILES string of the molecule is [2H]C(CC)C(C)C. The van der Waals surface area contributed by atoms with Crippen LogP contribution in [0.3, 0.4) is 0 Å². The molecule has 0 bridgehead atoms. The highest BCUT2D eigenvalue weighted by atomic mass is 13.9. The predicted molar refractivity (Wildman–Crippen MR) is 29.7 cm³/mol. The van der Waals surface area contributed by atoms with Crippen LogP contribution in [0.1, 0.15) is 35.0 Å². The van der Waals surface area contributed by atoms with Crippen molar-refractivity contribution in [1.82, 2.24) is 0 Å². The van der Waals surface area contributed by atoms with Gasteiger partial charge < -0.3 is 0 Å². The standard InChI is InChI=1S/C6H14/c1-4-5-6(2)3/h6H,4-5H2,1-3H3/i5D. The van der Waals surface area contributed by atoms with E-state index < -0.39 is 0 Å². The molecule has 0 aliphatic rings. The Balaban J connectivity index is 3.14. The van der Waals surface area contributed by atoms with Crippen LogP contribution in [-0.2, 0) is 0 Å². The van der Waals surface area contributed by atoms with Gasteiger partial charge in [-0.15, -0.1) is 0 Å². The topological polar surface area (TPSA) is 0 Å². The first-order chi connectivity index (χ1) is 3.18. The third-order valence-electron chi connectivity index (χ3n) is 0.707. The van der Waals surface area contributed by atoms with Crippen molar-refractivity contribution >= 4 is 0 Å². The molecule has 0 aliphatic carbocycles. The Bertz CT molecular complexity index is 41.4. The van der Waals surface area contributed by atoms with Gasteiger partial charge in [-0.05, 0) is 5.92 Å². The van der Waals surface area contributed by atoms with E-state index in [0.29, 0.717) is 5.92 Å². The largest absolute Gasteiger partial charge is 0.0654 e. The lowest BCUT2D eigenvalue weighted by atomic mass is 10.1. The first-order valence-corrected chi connectivity index (χ1v) is 2.60. The van der Waals surface area contributed by atoms with Crippen LogP contribution in [0.25, 0.3) is 0 Å². The van der Waals surface area contributed by atoms with Gasteiger partial charge in [-0.3, -0.25) is 0 Å². The Morgan fingerprint density at radius 2 is 2.17 bits per heavy atom. The molecule has 0 amide bonds. The number of hydrogen-bond acceptors (Lipinski definition) is 0. The molecule has 0 aromatic carbocycles. The van der Waals surface area contributed by atoms with E-state index in [9.17, 15) is 0 Å². The molecular formula is C6H14. The highest BCUT2D eigenvalue weighted by Gasteiger charge is 1.85. The maximum atomic E-state index is 7.28. The summed E-state index contributed by atoms with van der Waals surface area (Å²) in [5.41, 5.74) is 0. The normalized spacial score (nSPS) is 17.7. The zero-order chi connectivity index (χ0) is 5.86. The molecule has 0 heteroatoms. The minimum absolute atomic E-state index is 0.153. The Morgan fingerprint density at radius 1 is 1.67 bits per heavy atom. The van der Waals surface area contributed by atoms with Crippen molar-refractivity contribution in [1.29, 1.82) is 0 Å². The lowest BCUT2D eigenvalue weighted by Crippen LogP contribution is -1.81. The first-order valence-electron chi connectivity index (χ1n) is 3.18. The third kappa shape index (κ3) is 4.00. The van der Waals surface area contributed by atoms with Crippen molar-refractivity contribution < 1.29 is 1.37 Å². The fraction of sp³-hybridized carbons (Fsp3) is 1.00. The molecular weight excluding hydrogens is 72.1 g/mol. The van der Waals surface area contributed by atoms with Crippen molar-refractivity contribution in [3.63, 3.8) is 0 Å². The lowest BCUT2D eigenvalue weighted by Gasteiger charge is -1.95. The smallest absolute Gasteiger partial charge is 0.0269 e. The summed E-state index contributed by atoms with van der Waals surface area (Å²) in [6.07, 6.45) is 1.14. The zero-order valence-electron chi connectivity index (χ0n) is 5.86. The first kappa shape index (κ1) is 4.17. The number of rotatable bonds is 2. The lowest BCUT2D eigenvalue weighted by molar-refractivity contribution is 0.576. The molecule has 38 valence electrons. The third-order valence-corrected chi connectivity index (χ3v) is 0.707. The molecule has 0 saturated heterocycles. The Labute approximate surface area is 42.0 Å². The molecule has 0 saturated carbocycles. The van der Waals surface area contributed by atoms with E-state index in [-0.39, 0.29) is 6.40 Å². The summed E-state index contributed by atoms with van der Waals surface area (Å²) in [6.45, 7) is 6.22. The average Bonchev–Trinajstić information content (AvgIpc) is 1.65. The summed E-state index contributed by atoms with van der Waals surface area (Å²) in [7, 11) is 0. The highest BCUT2D eigenvalue weighted by molar-refractivity contribution is 4.38. The zero-order valence-corrected chi connectivity index (χ0v) is 4.86. The van der Waals surface area contributed by atoms with Gasteiger partial charge in [-0.1, -0.05) is 33.6 Å². The van der Waals surface area contributed by atoms with Crippen molar-refractivity contribution in [3.8, 4) is 0 Å². The summed E-state index contributed by atoms with van der Waals surface area (Å²) < 4.78 is 7.28. The Kier molecular flexibility index (Phi) is 2.22. The van der Waals surface area contributed by atoms with E-state index in [4.69, 9.17) is 1.37 Å². The van der Waals surface area contributed by atoms with E-state index in [0.717, 1.165) is 6.42 Å². The van der Waals surface area contributed by atoms with Crippen LogP contribution in [0.5, 0.6) is 0 Å². The second-order valence-electron chi connectivity index (χ2n) is 1.89. The Morgan fingerprint density at radius 3 is 2.17 bits per heavy atom. The molecule has 0 aliphatic heterocycles. The second kappa shape index (κ2) is 3.20. The van der Waals surface area contributed by atoms with Crippen molar-refractivity contribution in [2.45, 2.75) is 33.6 Å². The van der Waals surface area contributed by atoms with Crippen LogP contribution < -0.4 is 0 Å². The molecule has 0 N–H and O–H groups in total. The molecule has 0 rings (SSSR count). The van der Waals surface area contributed by atoms with E-state index in [2.05, 4.69) is 20.8 Å². The molecule has 1 unspecified atom stereocenters. The van der Waals surface area contributed by atoms with E-state index in [1.807, 2.05) is 0 Å². The summed E-state index contributed by atoms with van der Waals surface area (Å²) in [5.74, 6) is 0.532. The molecule has 0 aromatic heterocycles. The molecule has 1 atom stereocenters. The molecule has 0 aromatic rings. The van der Waals surface area contributed by atoms with Gasteiger partial charge in [0.05, 0.1) is 0 Å². The van der Waals surface area contributed by atoms with Gasteiger partial charge in [0.15, 0.2) is 0 Å². The van der Waals surface area contributed by atoms with Crippen LogP contribution in [0.2, 0.25) is 0 Å². The van der Waals surface area contributed by atoms with Crippen LogP contribution in [0.4, 0.5) is 0 Å². The van der Waals surface area contributed by atoms with Crippen LogP contribution in [0, 0.1) is 5.92 Å². The molecule has 0 radical (unpaired) electrons. The van der Waals surface area contributed by atoms with Gasteiger partial charge in [-0.2, -0.15) is 0 Å². The van der Waals surface area contributed by atoms with Crippen LogP contribution in [0.15, 0.2) is 0 Å². The maximum absolute atomic E-state index is 7.28. The van der Waals surface area contributed by atoms with Gasteiger partial charge in [0, 0.05) is 1.37 Å². The van der Waals surface area contributed by atoms with Gasteiger partial charge in [0.25, 0.3) is 0 Å². The highest BCUT2D eigenvalue weighted by Crippen LogP contribution is 2.00. The molecule has 0 heterocycles. The summed E-state index contributed by atoms with van der Waals surface area (Å²) in [4.78, 5) is 0. The minimum atomic E-state index is 0.153. The number of hydrogen-bond donors (Lipinski definition) is 0. The van der Waals surface area contributed by atoms with E-state index in [1.165, 1.54) is 0 Å². The fourth-order valence-corrected chi connectivity index (χ4v) is 0.471. The monoisotopic (exact) mass is 87.1 g/mol. The van der Waals surface area contributed by atoms with Gasteiger partial charge in [-0.25, -0.2) is 0 Å². The van der Waals surface area contributed by atoms with Crippen molar-refractivity contribution in [2.24, 2.45) is 5.92 Å². The van der Waals surface area contributed by atoms with Gasteiger partial charge in [0.2, 0.25) is 0 Å². The van der Waals surface area contributed by atoms with Crippen LogP contribution >= 0.6 is 0 Å². The maximum Gasteiger partial charge on any atom is 0.0269 e. The quantitative estimate of drug-likeness (QED) is 0.485. The van der Waals surface area contributed by atoms with Gasteiger partial charge in [0.1, 0.15) is 0 Å². The van der Waals surface area contributed by atoms with Crippen molar-refractivity contribution in [2.75, 3.05) is 0 Å². The Hall–Kier alpha value is 0. The van der Waals surface area contributed by atoms with Crippen LogP contribution in [-0.4, -0.2) is 0 Å². The summed E-state index contributed by atoms with van der Waals surface area (Å²) in [5, 5.41) is 0. The minimum Gasteiger partial charge on any atom is -0.0654 e. The molecule has 0 spiro atoms. The molecule has 6 heavy (non-hydrogen) atoms.